The Morgan fingerprint density at radius 1 is 1.12 bits per heavy atom. The number of amides is 1. The lowest BCUT2D eigenvalue weighted by molar-refractivity contribution is 0.102. The average Bonchev–Trinajstić information content (AvgIpc) is 2.62. The van der Waals surface area contributed by atoms with Crippen LogP contribution in [0.1, 0.15) is 16.1 Å². The molecular weight excluding hydrogens is 335 g/mol. The third kappa shape index (κ3) is 4.13. The maximum Gasteiger partial charge on any atom is 0.274 e. The van der Waals surface area contributed by atoms with Gasteiger partial charge < -0.3 is 15.4 Å². The Hall–Kier alpha value is -3.48. The highest BCUT2D eigenvalue weighted by atomic mass is 19.1. The molecule has 0 bridgehead atoms. The van der Waals surface area contributed by atoms with Crippen molar-refractivity contribution in [2.24, 2.45) is 0 Å². The van der Waals surface area contributed by atoms with Gasteiger partial charge >= 0.3 is 0 Å². The number of benzene rings is 2. The third-order valence-corrected chi connectivity index (χ3v) is 3.60. The van der Waals surface area contributed by atoms with E-state index in [1.165, 1.54) is 30.6 Å². The number of ether oxygens (including phenoxy) is 1. The van der Waals surface area contributed by atoms with E-state index < -0.39 is 11.7 Å². The van der Waals surface area contributed by atoms with Crippen molar-refractivity contribution < 1.29 is 13.9 Å². The molecule has 3 aromatic rings. The van der Waals surface area contributed by atoms with Crippen LogP contribution in [0.5, 0.6) is 5.75 Å². The van der Waals surface area contributed by atoms with Gasteiger partial charge in [0.25, 0.3) is 5.91 Å². The first-order valence-electron chi connectivity index (χ1n) is 7.86. The van der Waals surface area contributed by atoms with Crippen molar-refractivity contribution in [1.82, 2.24) is 9.97 Å². The summed E-state index contributed by atoms with van der Waals surface area (Å²) in [6.07, 6.45) is 1.28. The maximum atomic E-state index is 13.2. The summed E-state index contributed by atoms with van der Waals surface area (Å²) < 4.78 is 18.6. The molecule has 0 fully saturated rings. The van der Waals surface area contributed by atoms with Crippen LogP contribution in [-0.2, 0) is 0 Å². The summed E-state index contributed by atoms with van der Waals surface area (Å²) in [7, 11) is 1.58. The van der Waals surface area contributed by atoms with Crippen LogP contribution < -0.4 is 15.4 Å². The van der Waals surface area contributed by atoms with E-state index in [2.05, 4.69) is 20.6 Å². The molecule has 26 heavy (non-hydrogen) atoms. The number of aromatic nitrogens is 2. The van der Waals surface area contributed by atoms with Crippen molar-refractivity contribution in [3.63, 3.8) is 0 Å². The highest BCUT2D eigenvalue weighted by Crippen LogP contribution is 2.27. The lowest BCUT2D eigenvalue weighted by Gasteiger charge is -2.12. The number of nitrogens with one attached hydrogen (secondary N) is 2. The van der Waals surface area contributed by atoms with Crippen molar-refractivity contribution in [3.05, 3.63) is 71.9 Å². The largest absolute Gasteiger partial charge is 0.495 e. The number of hydrogen-bond acceptors (Lipinski definition) is 5. The number of carbonyl (C=O) groups is 1. The van der Waals surface area contributed by atoms with Gasteiger partial charge in [-0.15, -0.1) is 0 Å². The van der Waals surface area contributed by atoms with Gasteiger partial charge in [0, 0.05) is 11.8 Å². The fourth-order valence-corrected chi connectivity index (χ4v) is 2.37. The standard InChI is InChI=1S/C19H17FN4O2/c1-12-6-7-17(26-2)15(8-12)24-18-10-16(21-11-22-18)19(25)23-14-5-3-4-13(20)9-14/h3-11H,1-2H3,(H,23,25)(H,21,22,24). The van der Waals surface area contributed by atoms with Gasteiger partial charge in [-0.3, -0.25) is 4.79 Å². The second kappa shape index (κ2) is 7.60. The molecule has 0 aliphatic heterocycles. The molecule has 0 unspecified atom stereocenters. The third-order valence-electron chi connectivity index (χ3n) is 3.60. The molecule has 2 N–H and O–H groups in total. The highest BCUT2D eigenvalue weighted by Gasteiger charge is 2.11. The van der Waals surface area contributed by atoms with Crippen LogP contribution in [0.15, 0.2) is 54.9 Å². The Morgan fingerprint density at radius 2 is 1.96 bits per heavy atom. The molecule has 2 aromatic carbocycles. The lowest BCUT2D eigenvalue weighted by atomic mass is 10.2. The van der Waals surface area contributed by atoms with E-state index in [0.717, 1.165) is 11.3 Å². The zero-order valence-electron chi connectivity index (χ0n) is 14.3. The van der Waals surface area contributed by atoms with E-state index in [-0.39, 0.29) is 5.69 Å². The van der Waals surface area contributed by atoms with Crippen LogP contribution in [-0.4, -0.2) is 23.0 Å². The molecule has 0 aliphatic rings. The molecule has 7 heteroatoms. The van der Waals surface area contributed by atoms with Crippen LogP contribution in [0.2, 0.25) is 0 Å². The lowest BCUT2D eigenvalue weighted by Crippen LogP contribution is -2.14. The molecule has 1 aromatic heterocycles. The number of methoxy groups -OCH3 is 1. The molecule has 0 saturated carbocycles. The van der Waals surface area contributed by atoms with Crippen molar-refractivity contribution in [2.45, 2.75) is 6.92 Å². The Morgan fingerprint density at radius 3 is 2.73 bits per heavy atom. The minimum Gasteiger partial charge on any atom is -0.495 e. The van der Waals surface area contributed by atoms with Crippen molar-refractivity contribution >= 4 is 23.1 Å². The second-order valence-electron chi connectivity index (χ2n) is 5.58. The van der Waals surface area contributed by atoms with Gasteiger partial charge in [-0.05, 0) is 42.8 Å². The number of rotatable bonds is 5. The van der Waals surface area contributed by atoms with E-state index in [0.29, 0.717) is 17.3 Å². The number of anilines is 3. The van der Waals surface area contributed by atoms with E-state index in [9.17, 15) is 9.18 Å². The van der Waals surface area contributed by atoms with E-state index >= 15 is 0 Å². The van der Waals surface area contributed by atoms with Crippen LogP contribution in [0.25, 0.3) is 0 Å². The monoisotopic (exact) mass is 352 g/mol. The fraction of sp³-hybridized carbons (Fsp3) is 0.105. The summed E-state index contributed by atoms with van der Waals surface area (Å²) in [6.45, 7) is 1.96. The number of hydrogen-bond donors (Lipinski definition) is 2. The Bertz CT molecular complexity index is 946. The molecule has 0 aliphatic carbocycles. The van der Waals surface area contributed by atoms with Gasteiger partial charge in [-0.25, -0.2) is 14.4 Å². The zero-order valence-corrected chi connectivity index (χ0v) is 14.3. The number of aryl methyl sites for hydroxylation is 1. The highest BCUT2D eigenvalue weighted by molar-refractivity contribution is 6.03. The number of halogens is 1. The Labute approximate surface area is 150 Å². The molecule has 3 rings (SSSR count). The molecule has 6 nitrogen and oxygen atoms in total. The summed E-state index contributed by atoms with van der Waals surface area (Å²) in [4.78, 5) is 20.4. The molecule has 132 valence electrons. The SMILES string of the molecule is COc1ccc(C)cc1Nc1cc(C(=O)Nc2cccc(F)c2)ncn1. The van der Waals surface area contributed by atoms with Crippen molar-refractivity contribution in [3.8, 4) is 5.75 Å². The summed E-state index contributed by atoms with van der Waals surface area (Å²) in [6, 6.07) is 12.8. The van der Waals surface area contributed by atoms with Gasteiger partial charge in [0.05, 0.1) is 12.8 Å². The summed E-state index contributed by atoms with van der Waals surface area (Å²) in [5, 5.41) is 5.72. The van der Waals surface area contributed by atoms with Gasteiger partial charge in [-0.1, -0.05) is 12.1 Å². The predicted molar refractivity (Wildman–Crippen MR) is 97.4 cm³/mol. The Kier molecular flexibility index (Phi) is 5.07. The number of carbonyl (C=O) groups excluding carboxylic acids is 1. The van der Waals surface area contributed by atoms with Crippen LogP contribution in [0, 0.1) is 12.7 Å². The van der Waals surface area contributed by atoms with E-state index in [4.69, 9.17) is 4.74 Å². The second-order valence-corrected chi connectivity index (χ2v) is 5.58. The van der Waals surface area contributed by atoms with Gasteiger partial charge in [0.15, 0.2) is 0 Å². The van der Waals surface area contributed by atoms with Gasteiger partial charge in [0.2, 0.25) is 0 Å². The fourth-order valence-electron chi connectivity index (χ4n) is 2.37. The van der Waals surface area contributed by atoms with Crippen molar-refractivity contribution in [1.29, 1.82) is 0 Å². The van der Waals surface area contributed by atoms with Gasteiger partial charge in [0.1, 0.15) is 29.4 Å². The molecule has 1 amide bonds. The van der Waals surface area contributed by atoms with Crippen LogP contribution in [0.3, 0.4) is 0 Å². The summed E-state index contributed by atoms with van der Waals surface area (Å²) >= 11 is 0. The average molecular weight is 352 g/mol. The minimum atomic E-state index is -0.461. The van der Waals surface area contributed by atoms with Crippen LogP contribution >= 0.6 is 0 Å². The normalized spacial score (nSPS) is 10.3. The molecule has 0 saturated heterocycles. The first-order valence-corrected chi connectivity index (χ1v) is 7.86. The Balaban J connectivity index is 1.80. The van der Waals surface area contributed by atoms with Crippen LogP contribution in [0.4, 0.5) is 21.6 Å². The van der Waals surface area contributed by atoms with E-state index in [1.807, 2.05) is 25.1 Å². The molecule has 0 atom stereocenters. The van der Waals surface area contributed by atoms with E-state index in [1.54, 1.807) is 13.2 Å². The maximum absolute atomic E-state index is 13.2. The number of nitrogens with zero attached hydrogens (tertiary/aromatic N) is 2. The van der Waals surface area contributed by atoms with Gasteiger partial charge in [-0.2, -0.15) is 0 Å². The molecule has 0 radical (unpaired) electrons. The predicted octanol–water partition coefficient (Wildman–Crippen LogP) is 3.93. The molecular formula is C19H17FN4O2. The smallest absolute Gasteiger partial charge is 0.274 e. The topological polar surface area (TPSA) is 76.1 Å². The summed E-state index contributed by atoms with van der Waals surface area (Å²) in [5.41, 5.74) is 2.27. The quantitative estimate of drug-likeness (QED) is 0.728. The first-order chi connectivity index (χ1) is 12.5. The zero-order chi connectivity index (χ0) is 18.5. The molecule has 0 spiro atoms. The first kappa shape index (κ1) is 17.3. The van der Waals surface area contributed by atoms with Crippen molar-refractivity contribution in [2.75, 3.05) is 17.7 Å². The molecule has 1 heterocycles. The summed E-state index contributed by atoms with van der Waals surface area (Å²) in [5.74, 6) is 0.199. The minimum absolute atomic E-state index is 0.151.